The smallest absolute Gasteiger partial charge is 0.257 e. The molecule has 0 saturated heterocycles. The predicted octanol–water partition coefficient (Wildman–Crippen LogP) is 4.54. The first kappa shape index (κ1) is 16.9. The molecular weight excluding hydrogens is 346 g/mol. The molecular formula is C18H12F2N2O2S. The van der Waals surface area contributed by atoms with Gasteiger partial charge in [0.15, 0.2) is 22.5 Å². The van der Waals surface area contributed by atoms with Crippen LogP contribution in [0.2, 0.25) is 0 Å². The second-order valence-electron chi connectivity index (χ2n) is 5.20. The molecule has 1 amide bonds. The summed E-state index contributed by atoms with van der Waals surface area (Å²) in [5, 5.41) is 2.72. The monoisotopic (exact) mass is 358 g/mol. The van der Waals surface area contributed by atoms with Crippen molar-refractivity contribution in [1.29, 1.82) is 0 Å². The molecule has 0 aliphatic carbocycles. The Bertz CT molecular complexity index is 955. The van der Waals surface area contributed by atoms with Gasteiger partial charge in [-0.25, -0.2) is 13.8 Å². The number of nitrogens with zero attached hydrogens (tertiary/aromatic N) is 1. The average Bonchev–Trinajstić information content (AvgIpc) is 3.02. The molecule has 0 aliphatic rings. The number of amides is 1. The molecule has 0 unspecified atom stereocenters. The summed E-state index contributed by atoms with van der Waals surface area (Å²) in [5.41, 5.74) is 1.18. The van der Waals surface area contributed by atoms with Crippen LogP contribution in [0.5, 0.6) is 0 Å². The SMILES string of the molecule is CC(=O)c1sc(NC(=O)c2ccc(F)c(F)c2)nc1-c1ccccc1. The zero-order chi connectivity index (χ0) is 18.0. The molecule has 7 heteroatoms. The van der Waals surface area contributed by atoms with Crippen LogP contribution >= 0.6 is 11.3 Å². The van der Waals surface area contributed by atoms with Crippen molar-refractivity contribution >= 4 is 28.2 Å². The molecule has 2 aromatic carbocycles. The number of Topliss-reactive ketones (excluding diaryl/α,β-unsaturated/α-hetero) is 1. The Labute approximate surface area is 146 Å². The van der Waals surface area contributed by atoms with Crippen LogP contribution in [0.3, 0.4) is 0 Å². The summed E-state index contributed by atoms with van der Waals surface area (Å²) in [7, 11) is 0. The van der Waals surface area contributed by atoms with Crippen LogP contribution < -0.4 is 5.32 Å². The number of hydrogen-bond acceptors (Lipinski definition) is 4. The topological polar surface area (TPSA) is 59.1 Å². The molecule has 3 rings (SSSR count). The summed E-state index contributed by atoms with van der Waals surface area (Å²) in [5.74, 6) is -2.95. The van der Waals surface area contributed by atoms with Crippen molar-refractivity contribution < 1.29 is 18.4 Å². The Hall–Kier alpha value is -2.93. The van der Waals surface area contributed by atoms with Gasteiger partial charge in [-0.2, -0.15) is 0 Å². The van der Waals surface area contributed by atoms with E-state index >= 15 is 0 Å². The van der Waals surface area contributed by atoms with Crippen LogP contribution in [0.15, 0.2) is 48.5 Å². The van der Waals surface area contributed by atoms with Crippen LogP contribution in [-0.4, -0.2) is 16.7 Å². The number of rotatable bonds is 4. The Morgan fingerprint density at radius 3 is 2.40 bits per heavy atom. The highest BCUT2D eigenvalue weighted by molar-refractivity contribution is 7.18. The number of carbonyl (C=O) groups is 2. The number of nitrogens with one attached hydrogen (secondary N) is 1. The average molecular weight is 358 g/mol. The summed E-state index contributed by atoms with van der Waals surface area (Å²) in [6.45, 7) is 1.42. The summed E-state index contributed by atoms with van der Waals surface area (Å²) in [6.07, 6.45) is 0. The third-order valence-corrected chi connectivity index (χ3v) is 4.47. The Morgan fingerprint density at radius 2 is 1.76 bits per heavy atom. The highest BCUT2D eigenvalue weighted by Gasteiger charge is 2.18. The van der Waals surface area contributed by atoms with E-state index in [9.17, 15) is 18.4 Å². The van der Waals surface area contributed by atoms with Gasteiger partial charge in [-0.05, 0) is 18.2 Å². The molecule has 1 aromatic heterocycles. The lowest BCUT2D eigenvalue weighted by Crippen LogP contribution is -2.12. The predicted molar refractivity (Wildman–Crippen MR) is 91.9 cm³/mol. The second-order valence-corrected chi connectivity index (χ2v) is 6.20. The molecule has 0 spiro atoms. The summed E-state index contributed by atoms with van der Waals surface area (Å²) in [6, 6.07) is 12.0. The molecule has 1 N–H and O–H groups in total. The van der Waals surface area contributed by atoms with Crippen molar-refractivity contribution in [3.05, 3.63) is 70.6 Å². The maximum atomic E-state index is 13.3. The third-order valence-electron chi connectivity index (χ3n) is 3.40. The fourth-order valence-corrected chi connectivity index (χ4v) is 3.09. The standard InChI is InChI=1S/C18H12F2N2O2S/c1-10(23)16-15(11-5-3-2-4-6-11)21-18(25-16)22-17(24)12-7-8-13(19)14(20)9-12/h2-9H,1H3,(H,21,22,24). The number of halogens is 2. The van der Waals surface area contributed by atoms with Crippen LogP contribution in [0.1, 0.15) is 27.0 Å². The van der Waals surface area contributed by atoms with Crippen molar-refractivity contribution in [1.82, 2.24) is 4.98 Å². The van der Waals surface area contributed by atoms with Crippen LogP contribution in [0.4, 0.5) is 13.9 Å². The normalized spacial score (nSPS) is 10.5. The maximum Gasteiger partial charge on any atom is 0.257 e. The van der Waals surface area contributed by atoms with Gasteiger partial charge >= 0.3 is 0 Å². The van der Waals surface area contributed by atoms with E-state index in [2.05, 4.69) is 10.3 Å². The van der Waals surface area contributed by atoms with E-state index in [1.54, 1.807) is 0 Å². The molecule has 0 atom stereocenters. The minimum absolute atomic E-state index is 0.0419. The van der Waals surface area contributed by atoms with Gasteiger partial charge < -0.3 is 0 Å². The largest absolute Gasteiger partial charge is 0.298 e. The number of benzene rings is 2. The zero-order valence-corrected chi connectivity index (χ0v) is 13.9. The van der Waals surface area contributed by atoms with E-state index < -0.39 is 17.5 Å². The molecule has 0 saturated carbocycles. The van der Waals surface area contributed by atoms with Gasteiger partial charge in [-0.3, -0.25) is 14.9 Å². The number of aromatic nitrogens is 1. The van der Waals surface area contributed by atoms with Crippen LogP contribution in [0, 0.1) is 11.6 Å². The van der Waals surface area contributed by atoms with E-state index in [4.69, 9.17) is 0 Å². The van der Waals surface area contributed by atoms with E-state index in [-0.39, 0.29) is 16.5 Å². The number of ketones is 1. The lowest BCUT2D eigenvalue weighted by atomic mass is 10.1. The first-order valence-corrected chi connectivity index (χ1v) is 8.11. The van der Waals surface area contributed by atoms with E-state index in [0.717, 1.165) is 29.0 Å². The van der Waals surface area contributed by atoms with Crippen LogP contribution in [0.25, 0.3) is 11.3 Å². The highest BCUT2D eigenvalue weighted by atomic mass is 32.1. The molecule has 3 aromatic rings. The Kier molecular flexibility index (Phi) is 4.67. The summed E-state index contributed by atoms with van der Waals surface area (Å²) >= 11 is 1.03. The molecule has 25 heavy (non-hydrogen) atoms. The maximum absolute atomic E-state index is 13.3. The first-order valence-electron chi connectivity index (χ1n) is 7.29. The van der Waals surface area contributed by atoms with Gasteiger partial charge in [-0.15, -0.1) is 0 Å². The van der Waals surface area contributed by atoms with Crippen molar-refractivity contribution in [2.24, 2.45) is 0 Å². The van der Waals surface area contributed by atoms with Gasteiger partial charge in [0.1, 0.15) is 0 Å². The Morgan fingerprint density at radius 1 is 1.04 bits per heavy atom. The number of thiazole rings is 1. The number of hydrogen-bond donors (Lipinski definition) is 1. The van der Waals surface area contributed by atoms with Gasteiger partial charge in [0, 0.05) is 18.1 Å². The quantitative estimate of drug-likeness (QED) is 0.697. The number of anilines is 1. The number of carbonyl (C=O) groups excluding carboxylic acids is 2. The van der Waals surface area contributed by atoms with Gasteiger partial charge in [0.05, 0.1) is 10.6 Å². The van der Waals surface area contributed by atoms with Crippen molar-refractivity contribution in [2.75, 3.05) is 5.32 Å². The minimum Gasteiger partial charge on any atom is -0.298 e. The van der Waals surface area contributed by atoms with Crippen LogP contribution in [-0.2, 0) is 0 Å². The molecule has 4 nitrogen and oxygen atoms in total. The zero-order valence-electron chi connectivity index (χ0n) is 13.0. The fourth-order valence-electron chi connectivity index (χ4n) is 2.21. The lowest BCUT2D eigenvalue weighted by molar-refractivity contribution is 0.101. The fraction of sp³-hybridized carbons (Fsp3) is 0.0556. The summed E-state index contributed by atoms with van der Waals surface area (Å²) < 4.78 is 26.2. The second kappa shape index (κ2) is 6.90. The van der Waals surface area contributed by atoms with E-state index in [0.29, 0.717) is 10.6 Å². The molecule has 0 bridgehead atoms. The van der Waals surface area contributed by atoms with Crippen molar-refractivity contribution in [2.45, 2.75) is 6.92 Å². The highest BCUT2D eigenvalue weighted by Crippen LogP contribution is 2.31. The Balaban J connectivity index is 1.91. The van der Waals surface area contributed by atoms with Gasteiger partial charge in [0.25, 0.3) is 5.91 Å². The van der Waals surface area contributed by atoms with E-state index in [1.165, 1.54) is 13.0 Å². The van der Waals surface area contributed by atoms with Crippen molar-refractivity contribution in [3.63, 3.8) is 0 Å². The van der Waals surface area contributed by atoms with Gasteiger partial charge in [0.2, 0.25) is 0 Å². The van der Waals surface area contributed by atoms with Crippen molar-refractivity contribution in [3.8, 4) is 11.3 Å². The molecule has 126 valence electrons. The molecule has 1 heterocycles. The molecule has 0 aliphatic heterocycles. The molecule has 0 radical (unpaired) electrons. The minimum atomic E-state index is -1.11. The van der Waals surface area contributed by atoms with E-state index in [1.807, 2.05) is 30.3 Å². The summed E-state index contributed by atoms with van der Waals surface area (Å²) in [4.78, 5) is 28.8. The molecule has 0 fully saturated rings. The third kappa shape index (κ3) is 3.61. The van der Waals surface area contributed by atoms with Gasteiger partial charge in [-0.1, -0.05) is 41.7 Å². The first-order chi connectivity index (χ1) is 12.0. The lowest BCUT2D eigenvalue weighted by Gasteiger charge is -2.02.